The molecule has 7 heteroatoms. The van der Waals surface area contributed by atoms with Crippen molar-refractivity contribution in [3.8, 4) is 5.75 Å². The molecule has 0 saturated carbocycles. The van der Waals surface area contributed by atoms with Gasteiger partial charge in [0.05, 0.1) is 19.6 Å². The van der Waals surface area contributed by atoms with Crippen molar-refractivity contribution in [2.24, 2.45) is 0 Å². The Hall–Kier alpha value is -1.76. The lowest BCUT2D eigenvalue weighted by molar-refractivity contribution is -0.142. The van der Waals surface area contributed by atoms with Crippen LogP contribution in [0.25, 0.3) is 0 Å². The van der Waals surface area contributed by atoms with E-state index in [1.165, 1.54) is 12.1 Å². The van der Waals surface area contributed by atoms with E-state index in [1.54, 1.807) is 13.0 Å². The number of carbonyl (C=O) groups is 1. The van der Waals surface area contributed by atoms with Crippen LogP contribution in [0, 0.1) is 0 Å². The van der Waals surface area contributed by atoms with Crippen LogP contribution in [0.5, 0.6) is 5.75 Å². The maximum atomic E-state index is 12.0. The summed E-state index contributed by atoms with van der Waals surface area (Å²) in [5.41, 5.74) is 0.783. The number of hydrogen-bond donors (Lipinski definition) is 2. The minimum absolute atomic E-state index is 0.290. The number of alkyl halides is 3. The summed E-state index contributed by atoms with van der Waals surface area (Å²) < 4.78 is 41.2. The van der Waals surface area contributed by atoms with Crippen LogP contribution >= 0.6 is 0 Å². The second-order valence-corrected chi connectivity index (χ2v) is 4.08. The molecule has 0 aliphatic heterocycles. The molecule has 112 valence electrons. The zero-order valence-corrected chi connectivity index (χ0v) is 11.0. The van der Waals surface area contributed by atoms with E-state index in [2.05, 4.69) is 5.32 Å². The fourth-order valence-electron chi connectivity index (χ4n) is 1.56. The molecule has 1 aromatic rings. The first-order chi connectivity index (χ1) is 9.35. The summed E-state index contributed by atoms with van der Waals surface area (Å²) in [6.07, 6.45) is -6.15. The lowest BCUT2D eigenvalue weighted by atomic mass is 10.2. The summed E-state index contributed by atoms with van der Waals surface area (Å²) in [4.78, 5) is 11.4. The normalized spacial score (nSPS) is 11.2. The summed E-state index contributed by atoms with van der Waals surface area (Å²) in [5.74, 6) is -0.251. The molecule has 1 rings (SSSR count). The van der Waals surface area contributed by atoms with E-state index in [0.717, 1.165) is 0 Å². The van der Waals surface area contributed by atoms with Crippen LogP contribution < -0.4 is 10.1 Å². The van der Waals surface area contributed by atoms with Crippen molar-refractivity contribution in [3.63, 3.8) is 0 Å². The Morgan fingerprint density at radius 3 is 2.65 bits per heavy atom. The molecule has 0 spiro atoms. The van der Waals surface area contributed by atoms with Crippen molar-refractivity contribution >= 4 is 11.6 Å². The Labute approximate surface area is 114 Å². The Bertz CT molecular complexity index is 461. The molecule has 0 radical (unpaired) electrons. The van der Waals surface area contributed by atoms with Crippen LogP contribution in [0.4, 0.5) is 18.9 Å². The van der Waals surface area contributed by atoms with E-state index in [4.69, 9.17) is 4.74 Å². The van der Waals surface area contributed by atoms with Crippen LogP contribution in [0.1, 0.15) is 25.3 Å². The van der Waals surface area contributed by atoms with Crippen LogP contribution in [-0.4, -0.2) is 23.8 Å². The number of rotatable bonds is 6. The Kier molecular flexibility index (Phi) is 5.82. The van der Waals surface area contributed by atoms with Gasteiger partial charge >= 0.3 is 6.18 Å². The second kappa shape index (κ2) is 7.14. The van der Waals surface area contributed by atoms with Crippen molar-refractivity contribution < 1.29 is 27.8 Å². The smallest absolute Gasteiger partial charge is 0.389 e. The van der Waals surface area contributed by atoms with E-state index < -0.39 is 24.9 Å². The number of benzene rings is 1. The zero-order chi connectivity index (χ0) is 15.2. The van der Waals surface area contributed by atoms with Gasteiger partial charge in [0.15, 0.2) is 0 Å². The monoisotopic (exact) mass is 291 g/mol. The topological polar surface area (TPSA) is 58.6 Å². The molecule has 1 amide bonds. The van der Waals surface area contributed by atoms with Gasteiger partial charge in [-0.15, -0.1) is 0 Å². The standard InChI is InChI=1S/C13H16F3NO3/c1-2-20-11-4-3-10(7-9(11)8-18)17-12(19)5-6-13(14,15)16/h3-4,7,18H,2,5-6,8H2,1H3,(H,17,19). The maximum absolute atomic E-state index is 12.0. The highest BCUT2D eigenvalue weighted by molar-refractivity contribution is 5.90. The third-order valence-electron chi connectivity index (χ3n) is 2.45. The van der Waals surface area contributed by atoms with Crippen LogP contribution in [0.2, 0.25) is 0 Å². The second-order valence-electron chi connectivity index (χ2n) is 4.08. The van der Waals surface area contributed by atoms with Crippen molar-refractivity contribution in [2.75, 3.05) is 11.9 Å². The number of nitrogens with one attached hydrogen (secondary N) is 1. The summed E-state index contributed by atoms with van der Waals surface area (Å²) >= 11 is 0. The first kappa shape index (κ1) is 16.3. The maximum Gasteiger partial charge on any atom is 0.389 e. The van der Waals surface area contributed by atoms with Crippen molar-refractivity contribution in [1.82, 2.24) is 0 Å². The number of anilines is 1. The quantitative estimate of drug-likeness (QED) is 0.847. The summed E-state index contributed by atoms with van der Waals surface area (Å²) in [5, 5.41) is 11.5. The fourth-order valence-corrected chi connectivity index (χ4v) is 1.56. The number of aliphatic hydroxyl groups excluding tert-OH is 1. The van der Waals surface area contributed by atoms with Gasteiger partial charge in [-0.25, -0.2) is 0 Å². The molecule has 0 bridgehead atoms. The predicted octanol–water partition coefficient (Wildman–Crippen LogP) is 2.86. The molecule has 0 saturated heterocycles. The first-order valence-corrected chi connectivity index (χ1v) is 6.09. The minimum atomic E-state index is -4.35. The molecule has 0 atom stereocenters. The molecule has 20 heavy (non-hydrogen) atoms. The van der Waals surface area contributed by atoms with E-state index in [-0.39, 0.29) is 6.61 Å². The summed E-state index contributed by atoms with van der Waals surface area (Å²) in [6.45, 7) is 1.92. The predicted molar refractivity (Wildman–Crippen MR) is 67.5 cm³/mol. The van der Waals surface area contributed by atoms with Gasteiger partial charge < -0.3 is 15.2 Å². The van der Waals surface area contributed by atoms with Gasteiger partial charge in [0.25, 0.3) is 0 Å². The van der Waals surface area contributed by atoms with Gasteiger partial charge in [0.2, 0.25) is 5.91 Å². The average Bonchev–Trinajstić information content (AvgIpc) is 2.37. The van der Waals surface area contributed by atoms with Gasteiger partial charge in [0, 0.05) is 17.7 Å². The van der Waals surface area contributed by atoms with E-state index >= 15 is 0 Å². The molecule has 0 unspecified atom stereocenters. The Morgan fingerprint density at radius 1 is 1.40 bits per heavy atom. The van der Waals surface area contributed by atoms with Gasteiger partial charge in [-0.2, -0.15) is 13.2 Å². The van der Waals surface area contributed by atoms with Gasteiger partial charge in [-0.3, -0.25) is 4.79 Å². The van der Waals surface area contributed by atoms with Gasteiger partial charge in [0.1, 0.15) is 5.75 Å². The molecule has 0 aliphatic carbocycles. The molecule has 0 heterocycles. The number of aliphatic hydroxyl groups is 1. The Balaban J connectivity index is 2.66. The number of amides is 1. The lowest BCUT2D eigenvalue weighted by Crippen LogP contribution is -2.16. The van der Waals surface area contributed by atoms with E-state index in [0.29, 0.717) is 23.6 Å². The highest BCUT2D eigenvalue weighted by atomic mass is 19.4. The molecule has 0 aliphatic rings. The fraction of sp³-hybridized carbons (Fsp3) is 0.462. The van der Waals surface area contributed by atoms with Crippen molar-refractivity contribution in [1.29, 1.82) is 0 Å². The third kappa shape index (κ3) is 5.48. The largest absolute Gasteiger partial charge is 0.494 e. The van der Waals surface area contributed by atoms with E-state index in [9.17, 15) is 23.1 Å². The number of ether oxygens (including phenoxy) is 1. The summed E-state index contributed by atoms with van der Waals surface area (Å²) in [6, 6.07) is 4.53. The van der Waals surface area contributed by atoms with Crippen molar-refractivity contribution in [3.05, 3.63) is 23.8 Å². The molecular formula is C13H16F3NO3. The van der Waals surface area contributed by atoms with Gasteiger partial charge in [-0.1, -0.05) is 0 Å². The molecule has 4 nitrogen and oxygen atoms in total. The molecule has 1 aromatic carbocycles. The van der Waals surface area contributed by atoms with E-state index in [1.807, 2.05) is 0 Å². The van der Waals surface area contributed by atoms with Crippen LogP contribution in [0.15, 0.2) is 18.2 Å². The number of hydrogen-bond acceptors (Lipinski definition) is 3. The lowest BCUT2D eigenvalue weighted by Gasteiger charge is -2.11. The zero-order valence-electron chi connectivity index (χ0n) is 11.0. The highest BCUT2D eigenvalue weighted by Crippen LogP contribution is 2.24. The number of carbonyl (C=O) groups excluding carboxylic acids is 1. The third-order valence-corrected chi connectivity index (χ3v) is 2.45. The summed E-state index contributed by atoms with van der Waals surface area (Å²) in [7, 11) is 0. The van der Waals surface area contributed by atoms with Gasteiger partial charge in [-0.05, 0) is 25.1 Å². The molecule has 0 aromatic heterocycles. The Morgan fingerprint density at radius 2 is 2.10 bits per heavy atom. The van der Waals surface area contributed by atoms with Crippen molar-refractivity contribution in [2.45, 2.75) is 32.5 Å². The van der Waals surface area contributed by atoms with Crippen LogP contribution in [0.3, 0.4) is 0 Å². The average molecular weight is 291 g/mol. The molecule has 2 N–H and O–H groups in total. The minimum Gasteiger partial charge on any atom is -0.494 e. The molecule has 0 fully saturated rings. The highest BCUT2D eigenvalue weighted by Gasteiger charge is 2.27. The molecular weight excluding hydrogens is 275 g/mol. The first-order valence-electron chi connectivity index (χ1n) is 6.09. The van der Waals surface area contributed by atoms with Crippen LogP contribution in [-0.2, 0) is 11.4 Å². The SMILES string of the molecule is CCOc1ccc(NC(=O)CCC(F)(F)F)cc1CO. The number of halogens is 3.